The first-order valence-electron chi connectivity index (χ1n) is 11.7. The van der Waals surface area contributed by atoms with Crippen LogP contribution in [0.25, 0.3) is 0 Å². The number of phenols is 1. The monoisotopic (exact) mass is 546 g/mol. The Labute approximate surface area is 223 Å². The summed E-state index contributed by atoms with van der Waals surface area (Å²) in [6, 6.07) is 9.85. The van der Waals surface area contributed by atoms with E-state index in [2.05, 4.69) is 25.5 Å². The molecule has 0 radical (unpaired) electrons. The van der Waals surface area contributed by atoms with Crippen LogP contribution in [0.1, 0.15) is 28.8 Å². The highest BCUT2D eigenvalue weighted by Gasteiger charge is 2.22. The largest absolute Gasteiger partial charge is 0.507 e. The highest BCUT2D eigenvalue weighted by molar-refractivity contribution is 6.31. The number of alkyl carbamates (subject to hydrolysis) is 1. The molecule has 2 aromatic rings. The maximum Gasteiger partial charge on any atom is 0.407 e. The van der Waals surface area contributed by atoms with E-state index in [0.29, 0.717) is 24.1 Å². The van der Waals surface area contributed by atoms with Gasteiger partial charge in [-0.15, -0.1) is 0 Å². The van der Waals surface area contributed by atoms with Gasteiger partial charge in [0.25, 0.3) is 0 Å². The number of carboxylic acids is 1. The number of methoxy groups -OCH3 is 2. The summed E-state index contributed by atoms with van der Waals surface area (Å²) in [5.74, 6) is -4.12. The van der Waals surface area contributed by atoms with E-state index in [1.165, 1.54) is 32.4 Å². The van der Waals surface area contributed by atoms with Crippen LogP contribution in [0.2, 0.25) is 0 Å². The normalized spacial score (nSPS) is 10.9. The number of aromatic hydroxyl groups is 1. The average molecular weight is 547 g/mol. The fourth-order valence-corrected chi connectivity index (χ4v) is 3.24. The fraction of sp³-hybridized carbons (Fsp3) is 0.320. The lowest BCUT2D eigenvalue weighted by Crippen LogP contribution is -2.48. The van der Waals surface area contributed by atoms with Crippen LogP contribution >= 0.6 is 0 Å². The molecule has 39 heavy (non-hydrogen) atoms. The molecule has 0 aliphatic rings. The molecule has 6 N–H and O–H groups in total. The lowest BCUT2D eigenvalue weighted by Gasteiger charge is -2.18. The molecule has 0 spiro atoms. The number of nitrogens with one attached hydrogen (secondary N) is 4. The molecule has 0 saturated carbocycles. The topological polar surface area (TPSA) is 202 Å². The third-order valence-corrected chi connectivity index (χ3v) is 5.22. The Morgan fingerprint density at radius 2 is 1.67 bits per heavy atom. The van der Waals surface area contributed by atoms with Gasteiger partial charge >= 0.3 is 23.9 Å². The molecule has 210 valence electrons. The van der Waals surface area contributed by atoms with Crippen LogP contribution in [0.5, 0.6) is 11.5 Å². The Morgan fingerprint density at radius 1 is 0.949 bits per heavy atom. The molecule has 0 fully saturated rings. The molecule has 0 saturated heterocycles. The van der Waals surface area contributed by atoms with Crippen molar-refractivity contribution in [2.24, 2.45) is 0 Å². The summed E-state index contributed by atoms with van der Waals surface area (Å²) in [6.07, 6.45) is 0.370. The van der Waals surface area contributed by atoms with Crippen molar-refractivity contribution in [1.82, 2.24) is 16.1 Å². The third-order valence-electron chi connectivity index (χ3n) is 5.22. The van der Waals surface area contributed by atoms with Gasteiger partial charge in [0.2, 0.25) is 5.91 Å². The second kappa shape index (κ2) is 15.3. The lowest BCUT2D eigenvalue weighted by molar-refractivity contribution is -0.149. The molecule has 0 bridgehead atoms. The minimum atomic E-state index is -1.64. The van der Waals surface area contributed by atoms with Crippen molar-refractivity contribution in [1.29, 1.82) is 0 Å². The zero-order valence-electron chi connectivity index (χ0n) is 21.3. The van der Waals surface area contributed by atoms with Crippen molar-refractivity contribution in [3.8, 4) is 11.5 Å². The van der Waals surface area contributed by atoms with Gasteiger partial charge in [-0.05, 0) is 42.7 Å². The van der Waals surface area contributed by atoms with Gasteiger partial charge in [0, 0.05) is 13.0 Å². The first-order valence-corrected chi connectivity index (χ1v) is 11.7. The van der Waals surface area contributed by atoms with E-state index in [9.17, 15) is 29.1 Å². The number of hydrogen-bond donors (Lipinski definition) is 6. The molecule has 1 atom stereocenters. The van der Waals surface area contributed by atoms with Crippen LogP contribution in [0.15, 0.2) is 42.5 Å². The number of unbranched alkanes of at least 4 members (excludes halogenated alkanes) is 1. The van der Waals surface area contributed by atoms with Crippen LogP contribution in [0.3, 0.4) is 0 Å². The van der Waals surface area contributed by atoms with Crippen LogP contribution in [-0.4, -0.2) is 73.5 Å². The van der Waals surface area contributed by atoms with Gasteiger partial charge in [0.05, 0.1) is 26.5 Å². The summed E-state index contributed by atoms with van der Waals surface area (Å²) < 4.78 is 14.9. The van der Waals surface area contributed by atoms with Gasteiger partial charge in [0.15, 0.2) is 0 Å². The SMILES string of the molecule is COC(=O)N[C@@H](Cc1ccc(NNC(=O)C(=O)O)cc1)C(=O)NCCCCOc1cccc(O)c1C(=O)OC. The van der Waals surface area contributed by atoms with Crippen molar-refractivity contribution in [2.45, 2.75) is 25.3 Å². The van der Waals surface area contributed by atoms with Crippen LogP contribution < -0.4 is 26.2 Å². The minimum Gasteiger partial charge on any atom is -0.507 e. The molecule has 3 amide bonds. The highest BCUT2D eigenvalue weighted by atomic mass is 16.5. The molecule has 2 aromatic carbocycles. The number of rotatable bonds is 13. The molecule has 0 aliphatic heterocycles. The number of benzene rings is 2. The number of amides is 3. The van der Waals surface area contributed by atoms with E-state index in [0.717, 1.165) is 0 Å². The van der Waals surface area contributed by atoms with Crippen LogP contribution in [0.4, 0.5) is 10.5 Å². The molecular formula is C25H30N4O10. The Kier molecular flexibility index (Phi) is 11.8. The van der Waals surface area contributed by atoms with Crippen LogP contribution in [0, 0.1) is 0 Å². The Hall–Kier alpha value is -5.01. The molecule has 2 rings (SSSR count). The molecule has 0 unspecified atom stereocenters. The Balaban J connectivity index is 1.85. The number of carboxylic acid groups (broad SMARTS) is 1. The zero-order chi connectivity index (χ0) is 28.8. The summed E-state index contributed by atoms with van der Waals surface area (Å²) in [5.41, 5.74) is 5.45. The molecule has 0 heterocycles. The predicted octanol–water partition coefficient (Wildman–Crippen LogP) is 0.949. The lowest BCUT2D eigenvalue weighted by atomic mass is 10.0. The number of anilines is 1. The van der Waals surface area contributed by atoms with Gasteiger partial charge in [-0.1, -0.05) is 18.2 Å². The van der Waals surface area contributed by atoms with Crippen molar-refractivity contribution in [2.75, 3.05) is 32.8 Å². The average Bonchev–Trinajstić information content (AvgIpc) is 2.93. The fourth-order valence-electron chi connectivity index (χ4n) is 3.24. The number of carbonyl (C=O) groups excluding carboxylic acids is 4. The minimum absolute atomic E-state index is 0.0705. The number of carbonyl (C=O) groups is 5. The summed E-state index contributed by atoms with van der Waals surface area (Å²) in [5, 5.41) is 23.7. The summed E-state index contributed by atoms with van der Waals surface area (Å²) in [4.78, 5) is 58.0. The number of phenolic OH excluding ortho intramolecular Hbond substituents is 1. The van der Waals surface area contributed by atoms with Gasteiger partial charge in [-0.3, -0.25) is 20.4 Å². The van der Waals surface area contributed by atoms with Crippen molar-refractivity contribution >= 4 is 35.5 Å². The Morgan fingerprint density at radius 3 is 2.31 bits per heavy atom. The zero-order valence-corrected chi connectivity index (χ0v) is 21.3. The van der Waals surface area contributed by atoms with Crippen LogP contribution in [-0.2, 0) is 30.3 Å². The first kappa shape index (κ1) is 30.2. The number of ether oxygens (including phenoxy) is 3. The quantitative estimate of drug-likeness (QED) is 0.0904. The van der Waals surface area contributed by atoms with Crippen molar-refractivity contribution in [3.63, 3.8) is 0 Å². The van der Waals surface area contributed by atoms with Gasteiger partial charge in [-0.2, -0.15) is 0 Å². The first-order chi connectivity index (χ1) is 18.7. The highest BCUT2D eigenvalue weighted by Crippen LogP contribution is 2.28. The van der Waals surface area contributed by atoms with Crippen molar-refractivity contribution < 1.29 is 48.4 Å². The van der Waals surface area contributed by atoms with E-state index in [4.69, 9.17) is 9.84 Å². The summed E-state index contributed by atoms with van der Waals surface area (Å²) in [6.45, 7) is 0.484. The molecule has 0 aliphatic carbocycles. The predicted molar refractivity (Wildman–Crippen MR) is 136 cm³/mol. The summed E-state index contributed by atoms with van der Waals surface area (Å²) >= 11 is 0. The smallest absolute Gasteiger partial charge is 0.407 e. The van der Waals surface area contributed by atoms with Gasteiger partial charge in [-0.25, -0.2) is 14.4 Å². The maximum absolute atomic E-state index is 12.7. The van der Waals surface area contributed by atoms with E-state index in [1.54, 1.807) is 24.3 Å². The molecule has 14 heteroatoms. The number of esters is 1. The number of aliphatic carboxylic acids is 1. The second-order valence-electron chi connectivity index (χ2n) is 7.96. The van der Waals surface area contributed by atoms with Gasteiger partial charge in [0.1, 0.15) is 23.1 Å². The van der Waals surface area contributed by atoms with E-state index >= 15 is 0 Å². The Bertz CT molecular complexity index is 1170. The standard InChI is InChI=1S/C25H30N4O10/c1-37-24(35)20-18(30)6-5-7-19(20)39-13-4-3-12-26-21(31)17(27-25(36)38-2)14-15-8-10-16(11-9-15)28-29-22(32)23(33)34/h5-11,17,28,30H,3-4,12-14H2,1-2H3,(H,26,31)(H,27,36)(H,29,32)(H,33,34)/t17-/m0/s1. The number of hydrogen-bond acceptors (Lipinski definition) is 10. The number of hydrazine groups is 1. The summed E-state index contributed by atoms with van der Waals surface area (Å²) in [7, 11) is 2.37. The van der Waals surface area contributed by atoms with E-state index < -0.39 is 35.9 Å². The molecular weight excluding hydrogens is 516 g/mol. The molecule has 0 aromatic heterocycles. The second-order valence-corrected chi connectivity index (χ2v) is 7.96. The molecule has 14 nitrogen and oxygen atoms in total. The van der Waals surface area contributed by atoms with Crippen molar-refractivity contribution in [3.05, 3.63) is 53.6 Å². The van der Waals surface area contributed by atoms with E-state index in [-0.39, 0.29) is 36.6 Å². The van der Waals surface area contributed by atoms with Gasteiger partial charge < -0.3 is 35.1 Å². The van der Waals surface area contributed by atoms with E-state index in [1.807, 2.05) is 5.43 Å². The third kappa shape index (κ3) is 9.76. The maximum atomic E-state index is 12.7.